The highest BCUT2D eigenvalue weighted by Crippen LogP contribution is 2.26. The molecule has 4 aromatic carbocycles. The molecule has 0 bridgehead atoms. The average Bonchev–Trinajstić information content (AvgIpc) is 2.89. The number of hydrogen-bond donors (Lipinski definition) is 0. The quantitative estimate of drug-likeness (QED) is 0.165. The van der Waals surface area contributed by atoms with Gasteiger partial charge in [-0.15, -0.1) is 0 Å². The SMILES string of the molecule is COc1ccc(Oc2coc3cc(OC(=O)/C=C/c4cccc5ccccc45)ccc3c2=O)cc1. The zero-order valence-corrected chi connectivity index (χ0v) is 18.8. The molecule has 0 fully saturated rings. The van der Waals surface area contributed by atoms with Crippen molar-refractivity contribution < 1.29 is 23.4 Å². The molecule has 35 heavy (non-hydrogen) atoms. The lowest BCUT2D eigenvalue weighted by Crippen LogP contribution is -2.06. The zero-order valence-electron chi connectivity index (χ0n) is 18.8. The fraction of sp³-hybridized carbons (Fsp3) is 0.0345. The summed E-state index contributed by atoms with van der Waals surface area (Å²) >= 11 is 0. The Balaban J connectivity index is 1.32. The molecule has 172 valence electrons. The normalized spacial score (nSPS) is 11.1. The maximum atomic E-state index is 12.8. The lowest BCUT2D eigenvalue weighted by Gasteiger charge is -2.07. The molecule has 5 rings (SSSR count). The number of esters is 1. The number of fused-ring (bicyclic) bond motifs is 2. The van der Waals surface area contributed by atoms with E-state index < -0.39 is 5.97 Å². The maximum absolute atomic E-state index is 12.8. The Morgan fingerprint density at radius 1 is 0.829 bits per heavy atom. The van der Waals surface area contributed by atoms with E-state index in [0.29, 0.717) is 16.9 Å². The van der Waals surface area contributed by atoms with Crippen molar-refractivity contribution in [2.24, 2.45) is 0 Å². The number of carbonyl (C=O) groups is 1. The summed E-state index contributed by atoms with van der Waals surface area (Å²) in [6, 6.07) is 25.2. The first-order valence-corrected chi connectivity index (χ1v) is 10.9. The first kappa shape index (κ1) is 22.0. The Morgan fingerprint density at radius 3 is 2.40 bits per heavy atom. The Hall–Kier alpha value is -4.84. The third kappa shape index (κ3) is 4.77. The minimum absolute atomic E-state index is 0.0467. The minimum Gasteiger partial charge on any atom is -0.497 e. The molecule has 0 unspecified atom stereocenters. The van der Waals surface area contributed by atoms with Crippen LogP contribution >= 0.6 is 0 Å². The van der Waals surface area contributed by atoms with Gasteiger partial charge in [0.15, 0.2) is 0 Å². The van der Waals surface area contributed by atoms with Gasteiger partial charge in [0.1, 0.15) is 29.1 Å². The number of benzene rings is 4. The molecule has 0 atom stereocenters. The molecule has 0 N–H and O–H groups in total. The minimum atomic E-state index is -0.543. The van der Waals surface area contributed by atoms with Crippen molar-refractivity contribution in [1.82, 2.24) is 0 Å². The van der Waals surface area contributed by atoms with Crippen molar-refractivity contribution in [3.63, 3.8) is 0 Å². The number of carbonyl (C=O) groups excluding carboxylic acids is 1. The highest BCUT2D eigenvalue weighted by molar-refractivity contribution is 5.95. The van der Waals surface area contributed by atoms with Gasteiger partial charge in [0.05, 0.1) is 12.5 Å². The van der Waals surface area contributed by atoms with E-state index in [1.54, 1.807) is 49.6 Å². The van der Waals surface area contributed by atoms with Crippen molar-refractivity contribution in [2.45, 2.75) is 0 Å². The fourth-order valence-electron chi connectivity index (χ4n) is 3.70. The van der Waals surface area contributed by atoms with Gasteiger partial charge in [0.2, 0.25) is 11.2 Å². The summed E-state index contributed by atoms with van der Waals surface area (Å²) in [6.07, 6.45) is 4.32. The Bertz CT molecular complexity index is 1610. The largest absolute Gasteiger partial charge is 0.497 e. The van der Waals surface area contributed by atoms with Gasteiger partial charge in [0.25, 0.3) is 0 Å². The van der Waals surface area contributed by atoms with E-state index in [1.807, 2.05) is 42.5 Å². The standard InChI is InChI=1S/C29H20O6/c1-32-21-10-12-22(13-11-21)34-27-18-33-26-17-23(14-15-25(26)29(27)31)35-28(30)16-9-20-7-4-6-19-5-2-3-8-24(19)20/h2-18H,1H3/b16-9+. The summed E-state index contributed by atoms with van der Waals surface area (Å²) in [5.74, 6) is 0.916. The zero-order chi connectivity index (χ0) is 24.2. The van der Waals surface area contributed by atoms with Crippen LogP contribution in [0.15, 0.2) is 106 Å². The van der Waals surface area contributed by atoms with Crippen LogP contribution in [0.2, 0.25) is 0 Å². The molecule has 1 aromatic heterocycles. The highest BCUT2D eigenvalue weighted by Gasteiger charge is 2.11. The number of rotatable bonds is 6. The fourth-order valence-corrected chi connectivity index (χ4v) is 3.70. The maximum Gasteiger partial charge on any atom is 0.336 e. The van der Waals surface area contributed by atoms with Gasteiger partial charge in [-0.05, 0) is 58.8 Å². The Labute approximate surface area is 200 Å². The molecule has 0 saturated heterocycles. The van der Waals surface area contributed by atoms with E-state index in [9.17, 15) is 9.59 Å². The molecule has 6 nitrogen and oxygen atoms in total. The summed E-state index contributed by atoms with van der Waals surface area (Å²) in [6.45, 7) is 0. The molecule has 0 amide bonds. The summed E-state index contributed by atoms with van der Waals surface area (Å²) < 4.78 is 21.8. The van der Waals surface area contributed by atoms with Crippen molar-refractivity contribution in [3.05, 3.63) is 113 Å². The van der Waals surface area contributed by atoms with Crippen LogP contribution in [0.5, 0.6) is 23.0 Å². The van der Waals surface area contributed by atoms with Crippen LogP contribution in [-0.2, 0) is 4.79 Å². The van der Waals surface area contributed by atoms with Gasteiger partial charge in [0, 0.05) is 12.1 Å². The lowest BCUT2D eigenvalue weighted by molar-refractivity contribution is -0.128. The second-order valence-corrected chi connectivity index (χ2v) is 7.69. The lowest BCUT2D eigenvalue weighted by atomic mass is 10.0. The van der Waals surface area contributed by atoms with Crippen LogP contribution in [-0.4, -0.2) is 13.1 Å². The van der Waals surface area contributed by atoms with Crippen LogP contribution < -0.4 is 19.6 Å². The third-order valence-electron chi connectivity index (χ3n) is 5.44. The van der Waals surface area contributed by atoms with Crippen molar-refractivity contribution in [2.75, 3.05) is 7.11 Å². The predicted molar refractivity (Wildman–Crippen MR) is 134 cm³/mol. The summed E-state index contributed by atoms with van der Waals surface area (Å²) in [4.78, 5) is 25.2. The second-order valence-electron chi connectivity index (χ2n) is 7.69. The van der Waals surface area contributed by atoms with Gasteiger partial charge in [-0.1, -0.05) is 42.5 Å². The van der Waals surface area contributed by atoms with Crippen LogP contribution in [0.1, 0.15) is 5.56 Å². The van der Waals surface area contributed by atoms with Crippen molar-refractivity contribution in [1.29, 1.82) is 0 Å². The van der Waals surface area contributed by atoms with Crippen LogP contribution in [0.25, 0.3) is 27.8 Å². The molecular formula is C29H20O6. The van der Waals surface area contributed by atoms with Gasteiger partial charge < -0.3 is 18.6 Å². The molecular weight excluding hydrogens is 444 g/mol. The van der Waals surface area contributed by atoms with Crippen LogP contribution in [0.3, 0.4) is 0 Å². The molecule has 5 aromatic rings. The molecule has 1 heterocycles. The third-order valence-corrected chi connectivity index (χ3v) is 5.44. The first-order chi connectivity index (χ1) is 17.1. The van der Waals surface area contributed by atoms with E-state index in [2.05, 4.69) is 0 Å². The predicted octanol–water partition coefficient (Wildman–Crippen LogP) is 6.37. The summed E-state index contributed by atoms with van der Waals surface area (Å²) in [5, 5.41) is 2.43. The molecule has 0 aliphatic rings. The molecule has 6 heteroatoms. The summed E-state index contributed by atoms with van der Waals surface area (Å²) in [7, 11) is 1.57. The Kier molecular flexibility index (Phi) is 6.01. The van der Waals surface area contributed by atoms with Gasteiger partial charge >= 0.3 is 5.97 Å². The van der Waals surface area contributed by atoms with Gasteiger partial charge in [-0.25, -0.2) is 4.79 Å². The van der Waals surface area contributed by atoms with Gasteiger partial charge in [-0.2, -0.15) is 0 Å². The van der Waals surface area contributed by atoms with Crippen LogP contribution in [0.4, 0.5) is 0 Å². The molecule has 0 aliphatic heterocycles. The van der Waals surface area contributed by atoms with E-state index in [-0.39, 0.29) is 22.5 Å². The average molecular weight is 464 g/mol. The summed E-state index contributed by atoms with van der Waals surface area (Å²) in [5.41, 5.74) is 0.852. The van der Waals surface area contributed by atoms with E-state index in [0.717, 1.165) is 16.3 Å². The molecule has 0 aliphatic carbocycles. The smallest absolute Gasteiger partial charge is 0.336 e. The van der Waals surface area contributed by atoms with Crippen LogP contribution in [0, 0.1) is 0 Å². The first-order valence-electron chi connectivity index (χ1n) is 10.9. The second kappa shape index (κ2) is 9.57. The topological polar surface area (TPSA) is 75.0 Å². The van der Waals surface area contributed by atoms with Crippen molar-refractivity contribution >= 4 is 33.8 Å². The van der Waals surface area contributed by atoms with E-state index in [4.69, 9.17) is 18.6 Å². The van der Waals surface area contributed by atoms with Crippen molar-refractivity contribution in [3.8, 4) is 23.0 Å². The number of ether oxygens (including phenoxy) is 3. The molecule has 0 radical (unpaired) electrons. The van der Waals surface area contributed by atoms with Gasteiger partial charge in [-0.3, -0.25) is 4.79 Å². The van der Waals surface area contributed by atoms with E-state index in [1.165, 1.54) is 18.4 Å². The monoisotopic (exact) mass is 464 g/mol. The highest BCUT2D eigenvalue weighted by atomic mass is 16.5. The number of methoxy groups -OCH3 is 1. The number of hydrogen-bond acceptors (Lipinski definition) is 6. The molecule has 0 saturated carbocycles. The Morgan fingerprint density at radius 2 is 1.57 bits per heavy atom. The van der Waals surface area contributed by atoms with E-state index >= 15 is 0 Å². The molecule has 0 spiro atoms.